The second-order valence-corrected chi connectivity index (χ2v) is 5.91. The molecular formula is C22H19N3. The normalized spacial score (nSPS) is 10.6. The molecule has 4 rings (SSSR count). The van der Waals surface area contributed by atoms with Crippen molar-refractivity contribution in [2.75, 3.05) is 4.90 Å². The van der Waals surface area contributed by atoms with Gasteiger partial charge in [-0.15, -0.1) is 0 Å². The number of benzene rings is 3. The molecule has 1 N–H and O–H groups in total. The van der Waals surface area contributed by atoms with Crippen molar-refractivity contribution in [3.63, 3.8) is 0 Å². The minimum absolute atomic E-state index is 0.768. The Kier molecular flexibility index (Phi) is 4.29. The predicted octanol–water partition coefficient (Wildman–Crippen LogP) is 5.42. The number of hydrogen-bond donors (Lipinski definition) is 1. The Labute approximate surface area is 147 Å². The minimum Gasteiger partial charge on any atom is -0.320 e. The van der Waals surface area contributed by atoms with Crippen molar-refractivity contribution < 1.29 is 0 Å². The van der Waals surface area contributed by atoms with Crippen LogP contribution in [0.3, 0.4) is 0 Å². The van der Waals surface area contributed by atoms with Crippen LogP contribution in [0.2, 0.25) is 0 Å². The Morgan fingerprint density at radius 1 is 0.720 bits per heavy atom. The monoisotopic (exact) mass is 325 g/mol. The maximum Gasteiger partial charge on any atom is 0.155 e. The lowest BCUT2D eigenvalue weighted by atomic mass is 10.1. The average molecular weight is 325 g/mol. The Morgan fingerprint density at radius 3 is 2.00 bits per heavy atom. The lowest BCUT2D eigenvalue weighted by molar-refractivity contribution is 0.932. The number of para-hydroxylation sites is 1. The highest BCUT2D eigenvalue weighted by atomic mass is 15.3. The molecule has 0 aliphatic carbocycles. The van der Waals surface area contributed by atoms with Crippen LogP contribution in [0, 0.1) is 0 Å². The smallest absolute Gasteiger partial charge is 0.155 e. The Balaban J connectivity index is 1.70. The van der Waals surface area contributed by atoms with Crippen LogP contribution < -0.4 is 4.90 Å². The fraction of sp³-hybridized carbons (Fsp3) is 0.0455. The van der Waals surface area contributed by atoms with Gasteiger partial charge in [0.15, 0.2) is 5.82 Å². The number of H-pyrrole nitrogens is 1. The highest BCUT2D eigenvalue weighted by molar-refractivity contribution is 5.67. The van der Waals surface area contributed by atoms with E-state index >= 15 is 0 Å². The van der Waals surface area contributed by atoms with Gasteiger partial charge in [-0.05, 0) is 23.3 Å². The van der Waals surface area contributed by atoms with Crippen LogP contribution in [-0.4, -0.2) is 10.2 Å². The number of aromatic nitrogens is 2. The molecule has 0 aliphatic rings. The second kappa shape index (κ2) is 7.05. The van der Waals surface area contributed by atoms with Gasteiger partial charge in [0.25, 0.3) is 0 Å². The maximum atomic E-state index is 4.57. The highest BCUT2D eigenvalue weighted by Gasteiger charge is 2.14. The molecule has 0 radical (unpaired) electrons. The van der Waals surface area contributed by atoms with Crippen LogP contribution >= 0.6 is 0 Å². The van der Waals surface area contributed by atoms with Crippen LogP contribution in [0.4, 0.5) is 11.5 Å². The van der Waals surface area contributed by atoms with Crippen molar-refractivity contribution >= 4 is 11.5 Å². The van der Waals surface area contributed by atoms with Gasteiger partial charge in [-0.3, -0.25) is 5.10 Å². The molecule has 0 fully saturated rings. The van der Waals surface area contributed by atoms with E-state index in [1.165, 1.54) is 5.56 Å². The number of hydrogen-bond acceptors (Lipinski definition) is 2. The molecule has 0 amide bonds. The molecule has 0 bridgehead atoms. The van der Waals surface area contributed by atoms with Crippen molar-refractivity contribution in [3.05, 3.63) is 103 Å². The largest absolute Gasteiger partial charge is 0.320 e. The molecule has 1 aromatic heterocycles. The Morgan fingerprint density at radius 2 is 1.32 bits per heavy atom. The molecule has 3 nitrogen and oxygen atoms in total. The first-order valence-electron chi connectivity index (χ1n) is 8.37. The van der Waals surface area contributed by atoms with E-state index < -0.39 is 0 Å². The zero-order valence-corrected chi connectivity index (χ0v) is 13.8. The summed E-state index contributed by atoms with van der Waals surface area (Å²) in [6, 6.07) is 33.2. The first kappa shape index (κ1) is 15.2. The SMILES string of the molecule is c1ccc(CN(c2ccccc2)c2cc(-c3ccccc3)[nH]n2)cc1. The van der Waals surface area contributed by atoms with E-state index in [9.17, 15) is 0 Å². The molecular weight excluding hydrogens is 306 g/mol. The van der Waals surface area contributed by atoms with Crippen LogP contribution in [-0.2, 0) is 6.54 Å². The number of nitrogens with zero attached hydrogens (tertiary/aromatic N) is 2. The zero-order chi connectivity index (χ0) is 16.9. The lowest BCUT2D eigenvalue weighted by Crippen LogP contribution is -2.16. The number of anilines is 2. The standard InChI is InChI=1S/C22H19N3/c1-4-10-18(11-5-1)17-25(20-14-8-3-9-15-20)22-16-21(23-24-22)19-12-6-2-7-13-19/h1-16H,17H2,(H,23,24). The molecule has 3 heteroatoms. The van der Waals surface area contributed by atoms with Crippen molar-refractivity contribution in [2.24, 2.45) is 0 Å². The van der Waals surface area contributed by atoms with Crippen LogP contribution in [0.25, 0.3) is 11.3 Å². The van der Waals surface area contributed by atoms with Crippen LogP contribution in [0.1, 0.15) is 5.56 Å². The third-order valence-corrected chi connectivity index (χ3v) is 4.18. The third-order valence-electron chi connectivity index (χ3n) is 4.18. The molecule has 25 heavy (non-hydrogen) atoms. The summed E-state index contributed by atoms with van der Waals surface area (Å²) >= 11 is 0. The molecule has 3 aromatic carbocycles. The van der Waals surface area contributed by atoms with E-state index in [-0.39, 0.29) is 0 Å². The molecule has 0 saturated carbocycles. The summed E-state index contributed by atoms with van der Waals surface area (Å²) in [5, 5.41) is 7.73. The van der Waals surface area contributed by atoms with Gasteiger partial charge in [-0.25, -0.2) is 0 Å². The topological polar surface area (TPSA) is 31.9 Å². The zero-order valence-electron chi connectivity index (χ0n) is 13.8. The second-order valence-electron chi connectivity index (χ2n) is 5.91. The summed E-state index contributed by atoms with van der Waals surface area (Å²) in [5.74, 6) is 0.911. The van der Waals surface area contributed by atoms with E-state index in [2.05, 4.69) is 81.8 Å². The highest BCUT2D eigenvalue weighted by Crippen LogP contribution is 2.29. The van der Waals surface area contributed by atoms with E-state index in [1.807, 2.05) is 30.3 Å². The van der Waals surface area contributed by atoms with Gasteiger partial charge in [0.2, 0.25) is 0 Å². The van der Waals surface area contributed by atoms with E-state index in [0.29, 0.717) is 0 Å². The molecule has 0 saturated heterocycles. The first-order chi connectivity index (χ1) is 12.4. The maximum absolute atomic E-state index is 4.57. The fourth-order valence-electron chi connectivity index (χ4n) is 2.89. The lowest BCUT2D eigenvalue weighted by Gasteiger charge is -2.22. The van der Waals surface area contributed by atoms with Crippen molar-refractivity contribution in [2.45, 2.75) is 6.54 Å². The fourth-order valence-corrected chi connectivity index (χ4v) is 2.89. The molecule has 122 valence electrons. The summed E-state index contributed by atoms with van der Waals surface area (Å²) < 4.78 is 0. The third kappa shape index (κ3) is 3.45. The van der Waals surface area contributed by atoms with Crippen molar-refractivity contribution in [3.8, 4) is 11.3 Å². The van der Waals surface area contributed by atoms with Gasteiger partial charge in [-0.2, -0.15) is 5.10 Å². The number of aromatic amines is 1. The minimum atomic E-state index is 0.768. The van der Waals surface area contributed by atoms with Crippen molar-refractivity contribution in [1.29, 1.82) is 0 Å². The molecule has 0 unspecified atom stereocenters. The molecule has 0 aliphatic heterocycles. The van der Waals surface area contributed by atoms with Crippen molar-refractivity contribution in [1.82, 2.24) is 10.2 Å². The summed E-state index contributed by atoms with van der Waals surface area (Å²) in [4.78, 5) is 2.22. The average Bonchev–Trinajstić information content (AvgIpc) is 3.18. The van der Waals surface area contributed by atoms with Gasteiger partial charge in [0.1, 0.15) is 0 Å². The quantitative estimate of drug-likeness (QED) is 0.531. The van der Waals surface area contributed by atoms with Gasteiger partial charge in [0, 0.05) is 18.3 Å². The summed E-state index contributed by atoms with van der Waals surface area (Å²) in [5.41, 5.74) is 4.52. The number of rotatable bonds is 5. The van der Waals surface area contributed by atoms with E-state index in [1.54, 1.807) is 0 Å². The molecule has 0 spiro atoms. The van der Waals surface area contributed by atoms with Gasteiger partial charge >= 0.3 is 0 Å². The van der Waals surface area contributed by atoms with Crippen LogP contribution in [0.15, 0.2) is 97.1 Å². The molecule has 1 heterocycles. The Bertz CT molecular complexity index is 915. The summed E-state index contributed by atoms with van der Waals surface area (Å²) in [6.07, 6.45) is 0. The molecule has 4 aromatic rings. The first-order valence-corrected chi connectivity index (χ1v) is 8.37. The molecule has 0 atom stereocenters. The summed E-state index contributed by atoms with van der Waals surface area (Å²) in [7, 11) is 0. The van der Waals surface area contributed by atoms with E-state index in [0.717, 1.165) is 29.3 Å². The van der Waals surface area contributed by atoms with E-state index in [4.69, 9.17) is 0 Å². The predicted molar refractivity (Wildman–Crippen MR) is 103 cm³/mol. The summed E-state index contributed by atoms with van der Waals surface area (Å²) in [6.45, 7) is 0.768. The van der Waals surface area contributed by atoms with Gasteiger partial charge < -0.3 is 4.90 Å². The Hall–Kier alpha value is -3.33. The van der Waals surface area contributed by atoms with Gasteiger partial charge in [-0.1, -0.05) is 78.9 Å². The number of nitrogens with one attached hydrogen (secondary N) is 1. The van der Waals surface area contributed by atoms with Gasteiger partial charge in [0.05, 0.1) is 5.69 Å². The van der Waals surface area contributed by atoms with Crippen LogP contribution in [0.5, 0.6) is 0 Å².